The van der Waals surface area contributed by atoms with Gasteiger partial charge in [0.1, 0.15) is 5.56 Å². The molecule has 1 atom stereocenters. The molecule has 0 saturated heterocycles. The van der Waals surface area contributed by atoms with Crippen molar-refractivity contribution >= 4 is 16.9 Å². The van der Waals surface area contributed by atoms with Crippen LogP contribution in [0.1, 0.15) is 39.5 Å². The highest BCUT2D eigenvalue weighted by atomic mass is 19.4. The van der Waals surface area contributed by atoms with Gasteiger partial charge in [-0.25, -0.2) is 9.59 Å². The van der Waals surface area contributed by atoms with Gasteiger partial charge < -0.3 is 5.73 Å². The first-order valence-corrected chi connectivity index (χ1v) is 10.9. The summed E-state index contributed by atoms with van der Waals surface area (Å²) in [6.07, 6.45) is -3.51. The lowest BCUT2D eigenvalue weighted by Gasteiger charge is -2.19. The molecule has 0 aliphatic heterocycles. The summed E-state index contributed by atoms with van der Waals surface area (Å²) in [5.41, 5.74) is 3.53. The molecule has 2 N–H and O–H groups in total. The van der Waals surface area contributed by atoms with Gasteiger partial charge in [-0.05, 0) is 48.2 Å². The Labute approximate surface area is 200 Å². The van der Waals surface area contributed by atoms with Crippen LogP contribution in [0.2, 0.25) is 0 Å². The summed E-state index contributed by atoms with van der Waals surface area (Å²) in [5.74, 6) is -1.09. The van der Waals surface area contributed by atoms with E-state index in [2.05, 4.69) is 0 Å². The van der Waals surface area contributed by atoms with Gasteiger partial charge in [-0.3, -0.25) is 27.9 Å². The molecule has 0 spiro atoms. The number of hydrogen-bond acceptors (Lipinski definition) is 4. The lowest BCUT2D eigenvalue weighted by atomic mass is 10.0. The lowest BCUT2D eigenvalue weighted by molar-refractivity contribution is -0.138. The molecular formula is C24H20F3N5O4. The minimum Gasteiger partial charge on any atom is -0.365 e. The highest BCUT2D eigenvalue weighted by Gasteiger charge is 2.38. The molecule has 4 aromatic rings. The number of nitrogens with zero attached hydrogens (tertiary/aromatic N) is 4. The number of benzene rings is 2. The van der Waals surface area contributed by atoms with E-state index in [4.69, 9.17) is 5.73 Å². The quantitative estimate of drug-likeness (QED) is 0.463. The lowest BCUT2D eigenvalue weighted by Crippen LogP contribution is -2.44. The van der Waals surface area contributed by atoms with Gasteiger partial charge >= 0.3 is 17.6 Å². The molecule has 2 aromatic heterocycles. The number of alkyl halides is 3. The number of hydrogen-bond donors (Lipinski definition) is 1. The predicted octanol–water partition coefficient (Wildman–Crippen LogP) is 1.84. The minimum atomic E-state index is -4.60. The van der Waals surface area contributed by atoms with Crippen molar-refractivity contribution in [2.75, 3.05) is 0 Å². The zero-order valence-corrected chi connectivity index (χ0v) is 19.2. The molecule has 9 nitrogen and oxygen atoms in total. The third kappa shape index (κ3) is 3.32. The number of halogens is 3. The average molecular weight is 499 g/mol. The maximum Gasteiger partial charge on any atom is 0.416 e. The fraction of sp³-hybridized carbons (Fsp3) is 0.250. The Balaban J connectivity index is 1.77. The summed E-state index contributed by atoms with van der Waals surface area (Å²) in [6.45, 7) is 0. The van der Waals surface area contributed by atoms with E-state index in [1.165, 1.54) is 27.3 Å². The number of rotatable bonds is 3. The number of aromatic nitrogens is 4. The zero-order chi connectivity index (χ0) is 26.1. The summed E-state index contributed by atoms with van der Waals surface area (Å²) in [6, 6.07) is 7.30. The minimum absolute atomic E-state index is 0.000445. The Morgan fingerprint density at radius 2 is 1.69 bits per heavy atom. The number of aryl methyl sites for hydroxylation is 2. The number of carbonyl (C=O) groups is 1. The first-order chi connectivity index (χ1) is 16.9. The van der Waals surface area contributed by atoms with Crippen LogP contribution in [0.5, 0.6) is 0 Å². The van der Waals surface area contributed by atoms with Crippen molar-refractivity contribution in [3.05, 3.63) is 96.2 Å². The number of carbonyl (C=O) groups excluding carboxylic acids is 1. The number of primary amides is 1. The molecule has 5 rings (SSSR count). The SMILES string of the molecule is Cn1c(=O)n(C)c2cc(-n3cc(C(N)=O)c(=O)n([C@@H]4CCc5c4cccc5C(F)(F)F)c3=O)ccc21. The van der Waals surface area contributed by atoms with Gasteiger partial charge in [-0.1, -0.05) is 12.1 Å². The summed E-state index contributed by atoms with van der Waals surface area (Å²) >= 11 is 0. The number of imidazole rings is 1. The van der Waals surface area contributed by atoms with Crippen LogP contribution in [0.15, 0.2) is 57.0 Å². The molecule has 1 aliphatic rings. The highest BCUT2D eigenvalue weighted by Crippen LogP contribution is 2.41. The van der Waals surface area contributed by atoms with Gasteiger partial charge in [-0.2, -0.15) is 13.2 Å². The second kappa shape index (κ2) is 7.83. The normalized spacial score (nSPS) is 15.4. The van der Waals surface area contributed by atoms with Crippen LogP contribution in [0, 0.1) is 0 Å². The van der Waals surface area contributed by atoms with E-state index >= 15 is 0 Å². The van der Waals surface area contributed by atoms with Gasteiger partial charge in [0.25, 0.3) is 11.5 Å². The Hall–Kier alpha value is -4.35. The zero-order valence-electron chi connectivity index (χ0n) is 19.2. The van der Waals surface area contributed by atoms with Crippen molar-refractivity contribution in [1.29, 1.82) is 0 Å². The summed E-state index contributed by atoms with van der Waals surface area (Å²) in [7, 11) is 3.15. The van der Waals surface area contributed by atoms with E-state index < -0.39 is 40.5 Å². The van der Waals surface area contributed by atoms with Crippen LogP contribution in [0.3, 0.4) is 0 Å². The van der Waals surface area contributed by atoms with Crippen molar-refractivity contribution in [2.24, 2.45) is 19.8 Å². The summed E-state index contributed by atoms with van der Waals surface area (Å²) < 4.78 is 45.3. The summed E-state index contributed by atoms with van der Waals surface area (Å²) in [5, 5.41) is 0. The number of amides is 1. The average Bonchev–Trinajstić information content (AvgIpc) is 3.33. The molecule has 0 bridgehead atoms. The molecule has 2 aromatic carbocycles. The first kappa shape index (κ1) is 23.4. The topological polar surface area (TPSA) is 114 Å². The van der Waals surface area contributed by atoms with E-state index in [9.17, 15) is 32.3 Å². The van der Waals surface area contributed by atoms with Crippen molar-refractivity contribution in [3.8, 4) is 5.69 Å². The van der Waals surface area contributed by atoms with E-state index in [1.54, 1.807) is 26.2 Å². The predicted molar refractivity (Wildman–Crippen MR) is 124 cm³/mol. The molecule has 0 unspecified atom stereocenters. The van der Waals surface area contributed by atoms with Crippen LogP contribution in [0.25, 0.3) is 16.7 Å². The number of nitrogens with two attached hydrogens (primary N) is 1. The van der Waals surface area contributed by atoms with Crippen LogP contribution in [0.4, 0.5) is 13.2 Å². The summed E-state index contributed by atoms with van der Waals surface area (Å²) in [4.78, 5) is 51.2. The van der Waals surface area contributed by atoms with Crippen molar-refractivity contribution in [1.82, 2.24) is 18.3 Å². The van der Waals surface area contributed by atoms with E-state index in [0.717, 1.165) is 21.4 Å². The Kier molecular flexibility index (Phi) is 5.09. The van der Waals surface area contributed by atoms with Gasteiger partial charge in [0.2, 0.25) is 0 Å². The molecule has 2 heterocycles. The molecule has 186 valence electrons. The largest absolute Gasteiger partial charge is 0.416 e. The maximum absolute atomic E-state index is 13.6. The third-order valence-corrected chi connectivity index (χ3v) is 6.77. The smallest absolute Gasteiger partial charge is 0.365 e. The van der Waals surface area contributed by atoms with Crippen molar-refractivity contribution in [3.63, 3.8) is 0 Å². The molecule has 12 heteroatoms. The van der Waals surface area contributed by atoms with Crippen LogP contribution < -0.4 is 22.7 Å². The van der Waals surface area contributed by atoms with E-state index in [1.807, 2.05) is 0 Å². The van der Waals surface area contributed by atoms with Crippen molar-refractivity contribution < 1.29 is 18.0 Å². The second-order valence-electron chi connectivity index (χ2n) is 8.73. The van der Waals surface area contributed by atoms with E-state index in [0.29, 0.717) is 11.0 Å². The highest BCUT2D eigenvalue weighted by molar-refractivity contribution is 5.92. The molecule has 36 heavy (non-hydrogen) atoms. The van der Waals surface area contributed by atoms with Crippen LogP contribution >= 0.6 is 0 Å². The maximum atomic E-state index is 13.6. The Morgan fingerprint density at radius 3 is 2.36 bits per heavy atom. The fourth-order valence-corrected chi connectivity index (χ4v) is 5.01. The van der Waals surface area contributed by atoms with Crippen LogP contribution in [-0.2, 0) is 26.7 Å². The van der Waals surface area contributed by atoms with Gasteiger partial charge in [-0.15, -0.1) is 0 Å². The van der Waals surface area contributed by atoms with Gasteiger partial charge in [0.15, 0.2) is 0 Å². The third-order valence-electron chi connectivity index (χ3n) is 6.77. The molecule has 0 saturated carbocycles. The van der Waals surface area contributed by atoms with E-state index in [-0.39, 0.29) is 35.3 Å². The Morgan fingerprint density at radius 1 is 1.00 bits per heavy atom. The van der Waals surface area contributed by atoms with Crippen molar-refractivity contribution in [2.45, 2.75) is 25.1 Å². The monoisotopic (exact) mass is 499 g/mol. The first-order valence-electron chi connectivity index (χ1n) is 10.9. The molecule has 0 fully saturated rings. The molecular weight excluding hydrogens is 479 g/mol. The standard InChI is InChI=1S/C24H20F3N5O4/c1-29-18-8-6-12(10-19(18)30(2)22(29)35)31-11-15(20(28)33)21(34)32(23(31)36)17-9-7-13-14(17)4-3-5-16(13)24(25,26)27/h3-6,8,10-11,17H,7,9H2,1-2H3,(H2,28,33)/t17-/m1/s1. The van der Waals surface area contributed by atoms with Gasteiger partial charge in [0.05, 0.1) is 28.3 Å². The molecule has 1 amide bonds. The van der Waals surface area contributed by atoms with Gasteiger partial charge in [0, 0.05) is 20.3 Å². The molecule has 1 aliphatic carbocycles. The van der Waals surface area contributed by atoms with Crippen LogP contribution in [-0.4, -0.2) is 24.2 Å². The Bertz CT molecular complexity index is 1760. The molecule has 0 radical (unpaired) electrons. The second-order valence-corrected chi connectivity index (χ2v) is 8.73. The fourth-order valence-electron chi connectivity index (χ4n) is 5.01. The number of fused-ring (bicyclic) bond motifs is 2.